The summed E-state index contributed by atoms with van der Waals surface area (Å²) >= 11 is 0. The normalized spacial score (nSPS) is 15.4. The lowest BCUT2D eigenvalue weighted by Gasteiger charge is -2.06. The van der Waals surface area contributed by atoms with Crippen LogP contribution in [0.1, 0.15) is 24.4 Å². The monoisotopic (exact) mass is 232 g/mol. The van der Waals surface area contributed by atoms with E-state index in [0.717, 1.165) is 12.4 Å². The lowest BCUT2D eigenvalue weighted by Crippen LogP contribution is -2.18. The molecule has 2 heterocycles. The van der Waals surface area contributed by atoms with Gasteiger partial charge in [0.1, 0.15) is 6.33 Å². The third-order valence-corrected chi connectivity index (χ3v) is 2.91. The number of aryl methyl sites for hydroxylation is 1. The minimum atomic E-state index is 0.683. The Balaban J connectivity index is 1.67. The van der Waals surface area contributed by atoms with Crippen LogP contribution < -0.4 is 5.32 Å². The minimum absolute atomic E-state index is 0.683. The number of hydrogen-bond acceptors (Lipinski definition) is 4. The van der Waals surface area contributed by atoms with Gasteiger partial charge in [-0.3, -0.25) is 4.68 Å². The molecule has 1 aliphatic rings. The zero-order valence-corrected chi connectivity index (χ0v) is 9.87. The van der Waals surface area contributed by atoms with Gasteiger partial charge in [-0.05, 0) is 12.8 Å². The highest BCUT2D eigenvalue weighted by atomic mass is 15.3. The predicted octanol–water partition coefficient (Wildman–Crippen LogP) is 0.312. The Hall–Kier alpha value is -1.69. The topological polar surface area (TPSA) is 60.6 Å². The maximum atomic E-state index is 4.27. The molecule has 6 heteroatoms. The Labute approximate surface area is 99.7 Å². The van der Waals surface area contributed by atoms with Crippen molar-refractivity contribution in [3.8, 4) is 0 Å². The maximum Gasteiger partial charge on any atom is 0.170 e. The van der Waals surface area contributed by atoms with E-state index in [-0.39, 0.29) is 0 Å². The molecule has 17 heavy (non-hydrogen) atoms. The summed E-state index contributed by atoms with van der Waals surface area (Å²) in [6.07, 6.45) is 8.05. The van der Waals surface area contributed by atoms with Crippen LogP contribution in [0.3, 0.4) is 0 Å². The van der Waals surface area contributed by atoms with Crippen LogP contribution in [0, 0.1) is 0 Å². The van der Waals surface area contributed by atoms with Crippen molar-refractivity contribution in [1.29, 1.82) is 0 Å². The molecule has 6 nitrogen and oxygen atoms in total. The van der Waals surface area contributed by atoms with Crippen LogP contribution >= 0.6 is 0 Å². The van der Waals surface area contributed by atoms with Gasteiger partial charge in [0.05, 0.1) is 18.6 Å². The fourth-order valence-electron chi connectivity index (χ4n) is 1.78. The molecule has 1 saturated carbocycles. The first-order chi connectivity index (χ1) is 8.31. The average molecular weight is 232 g/mol. The molecule has 0 unspecified atom stereocenters. The van der Waals surface area contributed by atoms with Crippen LogP contribution in [-0.4, -0.2) is 30.4 Å². The third-order valence-electron chi connectivity index (χ3n) is 2.91. The number of nitrogens with zero attached hydrogens (tertiary/aromatic N) is 5. The van der Waals surface area contributed by atoms with E-state index in [0.29, 0.717) is 12.6 Å². The molecule has 0 aliphatic heterocycles. The first-order valence-electron chi connectivity index (χ1n) is 5.88. The summed E-state index contributed by atoms with van der Waals surface area (Å²) in [6, 6.07) is 0.714. The van der Waals surface area contributed by atoms with Crippen LogP contribution in [0.25, 0.3) is 0 Å². The van der Waals surface area contributed by atoms with Gasteiger partial charge in [0.2, 0.25) is 0 Å². The van der Waals surface area contributed by atoms with Gasteiger partial charge in [-0.1, -0.05) is 0 Å². The van der Waals surface area contributed by atoms with Gasteiger partial charge in [-0.15, -0.1) is 0 Å². The molecule has 0 spiro atoms. The molecular formula is C11H16N6. The van der Waals surface area contributed by atoms with Crippen molar-refractivity contribution < 1.29 is 0 Å². The Kier molecular flexibility index (Phi) is 2.64. The van der Waals surface area contributed by atoms with Crippen molar-refractivity contribution in [3.05, 3.63) is 30.4 Å². The van der Waals surface area contributed by atoms with Crippen LogP contribution in [0.15, 0.2) is 18.9 Å². The highest BCUT2D eigenvalue weighted by Crippen LogP contribution is 2.19. The van der Waals surface area contributed by atoms with Crippen LogP contribution in [-0.2, 0) is 20.1 Å². The summed E-state index contributed by atoms with van der Waals surface area (Å²) in [5, 5.41) is 7.75. The van der Waals surface area contributed by atoms with Crippen molar-refractivity contribution in [2.45, 2.75) is 32.0 Å². The first-order valence-corrected chi connectivity index (χ1v) is 5.88. The quantitative estimate of drug-likeness (QED) is 0.806. The highest BCUT2D eigenvalue weighted by Gasteiger charge is 2.20. The molecule has 1 N–H and O–H groups in total. The molecule has 3 rings (SSSR count). The molecule has 0 radical (unpaired) electrons. The maximum absolute atomic E-state index is 4.27. The zero-order valence-electron chi connectivity index (χ0n) is 9.87. The Morgan fingerprint density at radius 3 is 3.00 bits per heavy atom. The molecule has 0 bridgehead atoms. The van der Waals surface area contributed by atoms with Gasteiger partial charge in [0.15, 0.2) is 5.82 Å². The second-order valence-electron chi connectivity index (χ2n) is 4.50. The summed E-state index contributed by atoms with van der Waals surface area (Å²) in [5.74, 6) is 0.818. The van der Waals surface area contributed by atoms with E-state index in [1.54, 1.807) is 11.0 Å². The summed E-state index contributed by atoms with van der Waals surface area (Å²) in [6.45, 7) is 1.56. The second kappa shape index (κ2) is 4.29. The minimum Gasteiger partial charge on any atom is -0.326 e. The number of aromatic nitrogens is 5. The van der Waals surface area contributed by atoms with Crippen molar-refractivity contribution in [1.82, 2.24) is 29.6 Å². The lowest BCUT2D eigenvalue weighted by atomic mass is 10.4. The first kappa shape index (κ1) is 10.5. The van der Waals surface area contributed by atoms with Gasteiger partial charge in [0, 0.05) is 25.8 Å². The highest BCUT2D eigenvalue weighted by molar-refractivity contribution is 5.01. The average Bonchev–Trinajstić information content (AvgIpc) is 2.90. The fourth-order valence-corrected chi connectivity index (χ4v) is 1.78. The van der Waals surface area contributed by atoms with Crippen molar-refractivity contribution in [2.75, 3.05) is 0 Å². The molecule has 1 fully saturated rings. The van der Waals surface area contributed by atoms with Gasteiger partial charge in [-0.2, -0.15) is 5.10 Å². The van der Waals surface area contributed by atoms with Crippen molar-refractivity contribution in [3.63, 3.8) is 0 Å². The van der Waals surface area contributed by atoms with E-state index in [9.17, 15) is 0 Å². The third kappa shape index (κ3) is 2.52. The van der Waals surface area contributed by atoms with E-state index < -0.39 is 0 Å². The Morgan fingerprint density at radius 1 is 1.41 bits per heavy atom. The van der Waals surface area contributed by atoms with Crippen LogP contribution in [0.5, 0.6) is 0 Å². The Morgan fingerprint density at radius 2 is 2.29 bits per heavy atom. The number of imidazole rings is 1. The summed E-state index contributed by atoms with van der Waals surface area (Å²) in [7, 11) is 1.87. The van der Waals surface area contributed by atoms with Gasteiger partial charge in [-0.25, -0.2) is 9.97 Å². The number of nitrogens with one attached hydrogen (secondary N) is 1. The van der Waals surface area contributed by atoms with E-state index in [1.807, 2.05) is 19.6 Å². The zero-order chi connectivity index (χ0) is 11.7. The lowest BCUT2D eigenvalue weighted by molar-refractivity contribution is 0.621. The second-order valence-corrected chi connectivity index (χ2v) is 4.50. The van der Waals surface area contributed by atoms with Gasteiger partial charge >= 0.3 is 0 Å². The Bertz CT molecular complexity index is 496. The van der Waals surface area contributed by atoms with Crippen LogP contribution in [0.2, 0.25) is 0 Å². The molecule has 0 amide bonds. The molecule has 0 aromatic carbocycles. The molecular weight excluding hydrogens is 216 g/mol. The SMILES string of the molecule is Cn1cnc(Cn2cncc2CNC2CC2)n1. The predicted molar refractivity (Wildman–Crippen MR) is 62.2 cm³/mol. The van der Waals surface area contributed by atoms with Crippen LogP contribution in [0.4, 0.5) is 0 Å². The molecule has 2 aromatic rings. The van der Waals surface area contributed by atoms with Gasteiger partial charge in [0.25, 0.3) is 0 Å². The van der Waals surface area contributed by atoms with E-state index in [4.69, 9.17) is 0 Å². The number of rotatable bonds is 5. The largest absolute Gasteiger partial charge is 0.326 e. The smallest absolute Gasteiger partial charge is 0.170 e. The van der Waals surface area contributed by atoms with E-state index >= 15 is 0 Å². The molecule has 90 valence electrons. The molecule has 0 atom stereocenters. The fraction of sp³-hybridized carbons (Fsp3) is 0.545. The summed E-state index contributed by atoms with van der Waals surface area (Å²) in [4.78, 5) is 8.41. The van der Waals surface area contributed by atoms with Crippen molar-refractivity contribution >= 4 is 0 Å². The summed E-state index contributed by atoms with van der Waals surface area (Å²) < 4.78 is 3.80. The van der Waals surface area contributed by atoms with Crippen molar-refractivity contribution in [2.24, 2.45) is 7.05 Å². The van der Waals surface area contributed by atoms with Gasteiger partial charge < -0.3 is 9.88 Å². The molecule has 2 aromatic heterocycles. The molecule has 1 aliphatic carbocycles. The van der Waals surface area contributed by atoms with E-state index in [2.05, 4.69) is 25.0 Å². The standard InChI is InChI=1S/C11H16N6/c1-16-8-14-11(15-16)6-17-7-12-4-10(17)5-13-9-2-3-9/h4,7-9,13H,2-3,5-6H2,1H3. The van der Waals surface area contributed by atoms with E-state index in [1.165, 1.54) is 18.5 Å². The number of hydrogen-bond donors (Lipinski definition) is 1. The molecule has 0 saturated heterocycles. The summed E-state index contributed by atoms with van der Waals surface area (Å²) in [5.41, 5.74) is 1.18.